The van der Waals surface area contributed by atoms with Gasteiger partial charge >= 0.3 is 0 Å². The van der Waals surface area contributed by atoms with E-state index in [-0.39, 0.29) is 0 Å². The molecule has 0 amide bonds. The Morgan fingerprint density at radius 2 is 2.26 bits per heavy atom. The molecule has 104 valence electrons. The lowest BCUT2D eigenvalue weighted by Gasteiger charge is -2.30. The van der Waals surface area contributed by atoms with Crippen molar-refractivity contribution in [3.63, 3.8) is 0 Å². The number of nitrogens with one attached hydrogen (secondary N) is 1. The summed E-state index contributed by atoms with van der Waals surface area (Å²) in [6.07, 6.45) is 6.37. The van der Waals surface area contributed by atoms with E-state index in [1.807, 2.05) is 18.2 Å². The predicted molar refractivity (Wildman–Crippen MR) is 87.0 cm³/mol. The van der Waals surface area contributed by atoms with Crippen LogP contribution in [0.25, 0.3) is 0 Å². The van der Waals surface area contributed by atoms with E-state index >= 15 is 0 Å². The van der Waals surface area contributed by atoms with Crippen molar-refractivity contribution in [1.29, 1.82) is 0 Å². The highest BCUT2D eigenvalue weighted by Gasteiger charge is 2.21. The molecular formula is C15H21ClN2S. The molecule has 1 aromatic carbocycles. The van der Waals surface area contributed by atoms with Crippen molar-refractivity contribution in [2.45, 2.75) is 45.1 Å². The second-order valence-electron chi connectivity index (χ2n) is 5.34. The van der Waals surface area contributed by atoms with Crippen LogP contribution in [0, 0.1) is 5.92 Å². The number of hydrogen-bond acceptors (Lipinski definition) is 2. The molecule has 2 unspecified atom stereocenters. The zero-order valence-corrected chi connectivity index (χ0v) is 12.9. The molecule has 1 fully saturated rings. The minimum atomic E-state index is 0.396. The van der Waals surface area contributed by atoms with Gasteiger partial charge in [0.05, 0.1) is 0 Å². The number of benzene rings is 1. The number of thiocarbonyl (C=S) groups is 1. The van der Waals surface area contributed by atoms with E-state index in [4.69, 9.17) is 29.6 Å². The fourth-order valence-corrected chi connectivity index (χ4v) is 3.20. The lowest BCUT2D eigenvalue weighted by molar-refractivity contribution is 0.327. The lowest BCUT2D eigenvalue weighted by Crippen LogP contribution is -2.28. The highest BCUT2D eigenvalue weighted by molar-refractivity contribution is 7.80. The highest BCUT2D eigenvalue weighted by atomic mass is 35.5. The van der Waals surface area contributed by atoms with Gasteiger partial charge in [-0.3, -0.25) is 0 Å². The van der Waals surface area contributed by atoms with Crippen LogP contribution >= 0.6 is 23.8 Å². The summed E-state index contributed by atoms with van der Waals surface area (Å²) in [5, 5.41) is 4.27. The van der Waals surface area contributed by atoms with Gasteiger partial charge in [-0.25, -0.2) is 0 Å². The maximum atomic E-state index is 6.01. The zero-order chi connectivity index (χ0) is 13.8. The molecule has 1 aliphatic carbocycles. The van der Waals surface area contributed by atoms with Crippen LogP contribution in [0.3, 0.4) is 0 Å². The summed E-state index contributed by atoms with van der Waals surface area (Å²) in [5.74, 6) is 0.840. The molecule has 2 nitrogen and oxygen atoms in total. The first kappa shape index (κ1) is 14.6. The Morgan fingerprint density at radius 3 is 2.95 bits per heavy atom. The summed E-state index contributed by atoms with van der Waals surface area (Å²) in [7, 11) is 0. The Kier molecular flexibility index (Phi) is 5.06. The van der Waals surface area contributed by atoms with Crippen molar-refractivity contribution < 1.29 is 0 Å². The fourth-order valence-electron chi connectivity index (χ4n) is 2.86. The average Bonchev–Trinajstić information content (AvgIpc) is 2.41. The molecule has 0 spiro atoms. The van der Waals surface area contributed by atoms with Crippen molar-refractivity contribution >= 4 is 34.5 Å². The molecule has 1 aromatic rings. The minimum absolute atomic E-state index is 0.396. The third-order valence-corrected chi connectivity index (χ3v) is 4.42. The van der Waals surface area contributed by atoms with Crippen molar-refractivity contribution in [3.8, 4) is 0 Å². The largest absolute Gasteiger partial charge is 0.389 e. The van der Waals surface area contributed by atoms with Crippen LogP contribution in [0.4, 0.5) is 5.69 Å². The first-order valence-electron chi connectivity index (χ1n) is 6.96. The van der Waals surface area contributed by atoms with Crippen LogP contribution in [0.1, 0.15) is 44.6 Å². The number of nitrogens with two attached hydrogens (primary N) is 1. The van der Waals surface area contributed by atoms with Crippen LogP contribution < -0.4 is 11.1 Å². The van der Waals surface area contributed by atoms with Crippen molar-refractivity contribution in [3.05, 3.63) is 28.8 Å². The molecule has 2 atom stereocenters. The van der Waals surface area contributed by atoms with Gasteiger partial charge in [0.1, 0.15) is 4.99 Å². The van der Waals surface area contributed by atoms with Gasteiger partial charge in [0.25, 0.3) is 0 Å². The molecule has 1 saturated carbocycles. The minimum Gasteiger partial charge on any atom is -0.389 e. The van der Waals surface area contributed by atoms with E-state index in [0.717, 1.165) is 17.2 Å². The maximum Gasteiger partial charge on any atom is 0.106 e. The number of rotatable bonds is 4. The molecule has 1 aliphatic rings. The first-order valence-corrected chi connectivity index (χ1v) is 7.74. The van der Waals surface area contributed by atoms with Gasteiger partial charge in [-0.05, 0) is 37.0 Å². The van der Waals surface area contributed by atoms with Gasteiger partial charge in [-0.1, -0.05) is 50.0 Å². The molecule has 0 radical (unpaired) electrons. The van der Waals surface area contributed by atoms with E-state index in [0.29, 0.717) is 16.1 Å². The molecule has 0 bridgehead atoms. The van der Waals surface area contributed by atoms with E-state index < -0.39 is 0 Å². The highest BCUT2D eigenvalue weighted by Crippen LogP contribution is 2.30. The SMILES string of the molecule is CCC1CCCC(Nc2ccc(Cl)cc2C(N)=S)C1. The summed E-state index contributed by atoms with van der Waals surface area (Å²) in [6, 6.07) is 6.22. The average molecular weight is 297 g/mol. The van der Waals surface area contributed by atoms with E-state index in [1.54, 1.807) is 0 Å². The monoisotopic (exact) mass is 296 g/mol. The van der Waals surface area contributed by atoms with Crippen LogP contribution in [-0.4, -0.2) is 11.0 Å². The quantitative estimate of drug-likeness (QED) is 0.811. The van der Waals surface area contributed by atoms with Gasteiger partial charge in [-0.15, -0.1) is 0 Å². The number of halogens is 1. The summed E-state index contributed by atoms with van der Waals surface area (Å²) < 4.78 is 0. The molecule has 0 saturated heterocycles. The third-order valence-electron chi connectivity index (χ3n) is 3.97. The molecule has 0 aliphatic heterocycles. The van der Waals surface area contributed by atoms with Crippen molar-refractivity contribution in [2.75, 3.05) is 5.32 Å². The fraction of sp³-hybridized carbons (Fsp3) is 0.533. The van der Waals surface area contributed by atoms with E-state index in [9.17, 15) is 0 Å². The Morgan fingerprint density at radius 1 is 1.47 bits per heavy atom. The topological polar surface area (TPSA) is 38.0 Å². The molecule has 2 rings (SSSR count). The normalized spacial score (nSPS) is 23.1. The van der Waals surface area contributed by atoms with Gasteiger partial charge < -0.3 is 11.1 Å². The van der Waals surface area contributed by atoms with E-state index in [1.165, 1.54) is 32.1 Å². The molecular weight excluding hydrogens is 276 g/mol. The second kappa shape index (κ2) is 6.58. The van der Waals surface area contributed by atoms with Gasteiger partial charge in [-0.2, -0.15) is 0 Å². The summed E-state index contributed by atoms with van der Waals surface area (Å²) in [6.45, 7) is 2.27. The van der Waals surface area contributed by atoms with Crippen LogP contribution in [0.2, 0.25) is 5.02 Å². The van der Waals surface area contributed by atoms with E-state index in [2.05, 4.69) is 12.2 Å². The molecule has 0 heterocycles. The summed E-state index contributed by atoms with van der Waals surface area (Å²) in [5.41, 5.74) is 7.64. The molecule has 19 heavy (non-hydrogen) atoms. The van der Waals surface area contributed by atoms with Gasteiger partial charge in [0.15, 0.2) is 0 Å². The predicted octanol–water partition coefficient (Wildman–Crippen LogP) is 4.35. The Balaban J connectivity index is 2.12. The summed E-state index contributed by atoms with van der Waals surface area (Å²) >= 11 is 11.1. The Hall–Kier alpha value is -0.800. The number of anilines is 1. The summed E-state index contributed by atoms with van der Waals surface area (Å²) in [4.78, 5) is 0.396. The first-order chi connectivity index (χ1) is 9.10. The Bertz CT molecular complexity index is 461. The van der Waals surface area contributed by atoms with Gasteiger partial charge in [0, 0.05) is 22.3 Å². The van der Waals surface area contributed by atoms with Crippen LogP contribution in [0.15, 0.2) is 18.2 Å². The second-order valence-corrected chi connectivity index (χ2v) is 6.21. The van der Waals surface area contributed by atoms with Gasteiger partial charge in [0.2, 0.25) is 0 Å². The molecule has 0 aromatic heterocycles. The standard InChI is InChI=1S/C15H21ClN2S/c1-2-10-4-3-5-12(8-10)18-14-7-6-11(16)9-13(14)15(17)19/h6-7,9-10,12,18H,2-5,8H2,1H3,(H2,17,19). The van der Waals surface area contributed by atoms with Crippen LogP contribution in [0.5, 0.6) is 0 Å². The molecule has 3 N–H and O–H groups in total. The number of hydrogen-bond donors (Lipinski definition) is 2. The third kappa shape index (κ3) is 3.83. The van der Waals surface area contributed by atoms with Crippen LogP contribution in [-0.2, 0) is 0 Å². The smallest absolute Gasteiger partial charge is 0.106 e. The van der Waals surface area contributed by atoms with Crippen molar-refractivity contribution in [2.24, 2.45) is 11.7 Å². The van der Waals surface area contributed by atoms with Crippen molar-refractivity contribution in [1.82, 2.24) is 0 Å². The Labute approximate surface area is 125 Å². The molecule has 4 heteroatoms. The lowest BCUT2D eigenvalue weighted by atomic mass is 9.84. The maximum absolute atomic E-state index is 6.01. The zero-order valence-electron chi connectivity index (χ0n) is 11.3.